The monoisotopic (exact) mass is 416 g/mol. The minimum atomic E-state index is -0.674. The van der Waals surface area contributed by atoms with Crippen LogP contribution in [0.2, 0.25) is 0 Å². The molecule has 3 fully saturated rings. The van der Waals surface area contributed by atoms with Gasteiger partial charge in [-0.3, -0.25) is 0 Å². The van der Waals surface area contributed by atoms with Crippen molar-refractivity contribution < 1.29 is 15.3 Å². The molecule has 0 aromatic carbocycles. The van der Waals surface area contributed by atoms with Gasteiger partial charge in [-0.25, -0.2) is 0 Å². The number of hydrogen-bond donors (Lipinski definition) is 3. The van der Waals surface area contributed by atoms with Crippen LogP contribution in [0.3, 0.4) is 0 Å². The van der Waals surface area contributed by atoms with Crippen molar-refractivity contribution in [3.8, 4) is 0 Å². The van der Waals surface area contributed by atoms with Crippen LogP contribution in [0.5, 0.6) is 0 Å². The van der Waals surface area contributed by atoms with Crippen molar-refractivity contribution in [1.29, 1.82) is 0 Å². The lowest BCUT2D eigenvalue weighted by Crippen LogP contribution is -2.35. The summed E-state index contributed by atoms with van der Waals surface area (Å²) >= 11 is 0. The quantitative estimate of drug-likeness (QED) is 0.514. The third kappa shape index (κ3) is 5.29. The molecule has 0 aliphatic heterocycles. The van der Waals surface area contributed by atoms with E-state index in [2.05, 4.69) is 45.1 Å². The third-order valence-corrected chi connectivity index (χ3v) is 8.56. The molecule has 3 N–H and O–H groups in total. The van der Waals surface area contributed by atoms with E-state index >= 15 is 0 Å². The van der Waals surface area contributed by atoms with Gasteiger partial charge in [0.25, 0.3) is 0 Å². The lowest BCUT2D eigenvalue weighted by molar-refractivity contribution is 0.0436. The summed E-state index contributed by atoms with van der Waals surface area (Å²) in [7, 11) is 0. The predicted octanol–water partition coefficient (Wildman–Crippen LogP) is 5.56. The zero-order valence-corrected chi connectivity index (χ0v) is 19.8. The molecule has 3 nitrogen and oxygen atoms in total. The molecule has 3 aliphatic rings. The standard InChI is InChI=1S/C27H44O3/c1-18(8-9-19(2)26(3,4)30)24-12-13-25-21(7-6-14-27(24,25)5)11-10-20-15-22(28)17-23(29)16-20/h8-11,18-19,22-25,28-30H,6-7,12-17H2,1-5H3/b9-8+,21-11+/t18?,19-,22+,23+,24+,25-,27+/m0/s1. The van der Waals surface area contributed by atoms with E-state index < -0.39 is 17.8 Å². The van der Waals surface area contributed by atoms with Crippen LogP contribution >= 0.6 is 0 Å². The molecule has 0 aromatic rings. The first kappa shape index (κ1) is 23.8. The number of rotatable bonds is 5. The van der Waals surface area contributed by atoms with E-state index in [1.165, 1.54) is 37.7 Å². The van der Waals surface area contributed by atoms with E-state index in [9.17, 15) is 15.3 Å². The summed E-state index contributed by atoms with van der Waals surface area (Å²) in [5.74, 6) is 2.00. The SMILES string of the molecule is CC(/C=C/[C@H](C)C(C)(C)O)[C@H]1CC[C@H]2/C(=C/C=C3C[C@@H](O)C[C@H](O)C3)CCC[C@]12C. The average Bonchev–Trinajstić information content (AvgIpc) is 3.00. The molecular weight excluding hydrogens is 372 g/mol. The van der Waals surface area contributed by atoms with Gasteiger partial charge in [-0.2, -0.15) is 0 Å². The van der Waals surface area contributed by atoms with Crippen LogP contribution in [-0.4, -0.2) is 33.1 Å². The van der Waals surface area contributed by atoms with E-state index in [0.717, 1.165) is 0 Å². The number of allylic oxidation sites excluding steroid dienone is 4. The second kappa shape index (κ2) is 9.30. The van der Waals surface area contributed by atoms with Gasteiger partial charge in [0, 0.05) is 5.92 Å². The van der Waals surface area contributed by atoms with E-state index in [1.807, 2.05) is 13.8 Å². The summed E-state index contributed by atoms with van der Waals surface area (Å²) in [6.45, 7) is 10.7. The Morgan fingerprint density at radius 1 is 1.03 bits per heavy atom. The summed E-state index contributed by atoms with van der Waals surface area (Å²) < 4.78 is 0. The molecule has 3 saturated carbocycles. The number of aliphatic hydroxyl groups is 3. The van der Waals surface area contributed by atoms with E-state index in [1.54, 1.807) is 5.57 Å². The summed E-state index contributed by atoms with van der Waals surface area (Å²) in [5.41, 5.74) is 2.43. The highest BCUT2D eigenvalue weighted by Gasteiger charge is 2.50. The molecule has 7 atom stereocenters. The number of hydrogen-bond acceptors (Lipinski definition) is 3. The van der Waals surface area contributed by atoms with Crippen molar-refractivity contribution in [2.45, 2.75) is 104 Å². The molecule has 0 bridgehead atoms. The molecule has 0 saturated heterocycles. The molecule has 0 amide bonds. The molecular formula is C27H44O3. The topological polar surface area (TPSA) is 60.7 Å². The Kier molecular flexibility index (Phi) is 7.37. The maximum Gasteiger partial charge on any atom is 0.0651 e. The Bertz CT molecular complexity index is 671. The average molecular weight is 417 g/mol. The number of aliphatic hydroxyl groups excluding tert-OH is 2. The van der Waals surface area contributed by atoms with Gasteiger partial charge in [0.2, 0.25) is 0 Å². The molecule has 1 unspecified atom stereocenters. The molecule has 0 radical (unpaired) electrons. The van der Waals surface area contributed by atoms with Gasteiger partial charge in [-0.15, -0.1) is 0 Å². The van der Waals surface area contributed by atoms with E-state index in [-0.39, 0.29) is 5.92 Å². The molecule has 0 heterocycles. The minimum Gasteiger partial charge on any atom is -0.393 e. The van der Waals surface area contributed by atoms with Gasteiger partial charge in [-0.05, 0) is 88.4 Å². The van der Waals surface area contributed by atoms with Gasteiger partial charge in [0.05, 0.1) is 17.8 Å². The molecule has 30 heavy (non-hydrogen) atoms. The van der Waals surface area contributed by atoms with Crippen LogP contribution in [-0.2, 0) is 0 Å². The zero-order valence-electron chi connectivity index (χ0n) is 19.8. The fraction of sp³-hybridized carbons (Fsp3) is 0.778. The molecule has 0 spiro atoms. The molecule has 3 heteroatoms. The van der Waals surface area contributed by atoms with Crippen LogP contribution in [0.4, 0.5) is 0 Å². The van der Waals surface area contributed by atoms with E-state index in [4.69, 9.17) is 0 Å². The molecule has 170 valence electrons. The van der Waals surface area contributed by atoms with Crippen LogP contribution in [0.1, 0.15) is 86.0 Å². The fourth-order valence-corrected chi connectivity index (χ4v) is 6.39. The van der Waals surface area contributed by atoms with Gasteiger partial charge >= 0.3 is 0 Å². The summed E-state index contributed by atoms with van der Waals surface area (Å²) in [6, 6.07) is 0. The lowest BCUT2D eigenvalue weighted by atomic mass is 9.61. The van der Waals surface area contributed by atoms with Crippen molar-refractivity contribution in [2.75, 3.05) is 0 Å². The van der Waals surface area contributed by atoms with Gasteiger partial charge < -0.3 is 15.3 Å². The fourth-order valence-electron chi connectivity index (χ4n) is 6.39. The van der Waals surface area contributed by atoms with Crippen molar-refractivity contribution >= 4 is 0 Å². The summed E-state index contributed by atoms with van der Waals surface area (Å²) in [6.07, 6.45) is 16.5. The highest BCUT2D eigenvalue weighted by molar-refractivity contribution is 5.26. The smallest absolute Gasteiger partial charge is 0.0651 e. The molecule has 0 aromatic heterocycles. The Morgan fingerprint density at radius 2 is 1.70 bits per heavy atom. The maximum absolute atomic E-state index is 10.2. The Hall–Kier alpha value is -0.900. The number of fused-ring (bicyclic) bond motifs is 1. The highest BCUT2D eigenvalue weighted by atomic mass is 16.3. The minimum absolute atomic E-state index is 0.152. The maximum atomic E-state index is 10.2. The van der Waals surface area contributed by atoms with Crippen molar-refractivity contribution in [2.24, 2.45) is 29.1 Å². The van der Waals surface area contributed by atoms with Crippen molar-refractivity contribution in [3.05, 3.63) is 35.5 Å². The molecule has 3 aliphatic carbocycles. The Balaban J connectivity index is 1.73. The van der Waals surface area contributed by atoms with Crippen LogP contribution in [0, 0.1) is 29.1 Å². The van der Waals surface area contributed by atoms with Gasteiger partial charge in [0.15, 0.2) is 0 Å². The summed E-state index contributed by atoms with van der Waals surface area (Å²) in [5, 5.41) is 30.2. The van der Waals surface area contributed by atoms with Gasteiger partial charge in [0.1, 0.15) is 0 Å². The zero-order chi connectivity index (χ0) is 22.1. The highest BCUT2D eigenvalue weighted by Crippen LogP contribution is 2.59. The molecule has 3 rings (SSSR count). The largest absolute Gasteiger partial charge is 0.393 e. The van der Waals surface area contributed by atoms with Gasteiger partial charge in [-0.1, -0.05) is 56.2 Å². The Morgan fingerprint density at radius 3 is 2.33 bits per heavy atom. The van der Waals surface area contributed by atoms with Crippen LogP contribution < -0.4 is 0 Å². The first-order chi connectivity index (χ1) is 14.0. The normalized spacial score (nSPS) is 38.7. The van der Waals surface area contributed by atoms with Crippen molar-refractivity contribution in [1.82, 2.24) is 0 Å². The lowest BCUT2D eigenvalue weighted by Gasteiger charge is -2.44. The second-order valence-electron chi connectivity index (χ2n) is 11.3. The third-order valence-electron chi connectivity index (χ3n) is 8.56. The van der Waals surface area contributed by atoms with E-state index in [0.29, 0.717) is 42.4 Å². The van der Waals surface area contributed by atoms with Crippen LogP contribution in [0.25, 0.3) is 0 Å². The second-order valence-corrected chi connectivity index (χ2v) is 11.3. The van der Waals surface area contributed by atoms with Crippen molar-refractivity contribution in [3.63, 3.8) is 0 Å². The van der Waals surface area contributed by atoms with Crippen LogP contribution in [0.15, 0.2) is 35.5 Å². The first-order valence-electron chi connectivity index (χ1n) is 12.2. The summed E-state index contributed by atoms with van der Waals surface area (Å²) in [4.78, 5) is 0. The first-order valence-corrected chi connectivity index (χ1v) is 12.2. The Labute approximate surface area is 184 Å². The predicted molar refractivity (Wildman–Crippen MR) is 124 cm³/mol.